The quantitative estimate of drug-likeness (QED) is 0.282. The van der Waals surface area contributed by atoms with Gasteiger partial charge in [-0.3, -0.25) is 9.59 Å². The lowest BCUT2D eigenvalue weighted by Crippen LogP contribution is -2.52. The lowest BCUT2D eigenvalue weighted by atomic mass is 9.95. The lowest BCUT2D eigenvalue weighted by Gasteiger charge is -2.43. The Hall–Kier alpha value is -2.53. The van der Waals surface area contributed by atoms with Crippen molar-refractivity contribution in [2.45, 2.75) is 26.8 Å². The molecule has 0 radical (unpaired) electrons. The number of anilines is 1. The van der Waals surface area contributed by atoms with Crippen LogP contribution >= 0.6 is 34.8 Å². The van der Waals surface area contributed by atoms with Crippen LogP contribution in [0, 0.1) is 20.8 Å². The minimum absolute atomic E-state index is 0.207. The van der Waals surface area contributed by atoms with E-state index in [0.29, 0.717) is 40.3 Å². The first-order valence-corrected chi connectivity index (χ1v) is 12.2. The number of hydrogen-bond acceptors (Lipinski definition) is 3. The summed E-state index contributed by atoms with van der Waals surface area (Å²) in [5.41, 5.74) is 4.99. The number of rotatable bonds is 4. The molecule has 1 heterocycles. The molecule has 176 valence electrons. The van der Waals surface area contributed by atoms with Gasteiger partial charge in [0.15, 0.2) is 0 Å². The van der Waals surface area contributed by atoms with Gasteiger partial charge in [-0.05, 0) is 67.8 Å². The SMILES string of the molecule is Cc1cc(C)c(C(=O)C(=O)N2CCN(c3ccc(Cl)cc3Cl)C(c3ccc(Cl)cc3)C2)c(C)c1. The van der Waals surface area contributed by atoms with E-state index in [9.17, 15) is 9.59 Å². The van der Waals surface area contributed by atoms with Crippen LogP contribution in [-0.4, -0.2) is 36.2 Å². The number of carbonyl (C=O) groups is 2. The van der Waals surface area contributed by atoms with Crippen LogP contribution in [0.15, 0.2) is 54.6 Å². The molecular formula is C27H25Cl3N2O2. The van der Waals surface area contributed by atoms with E-state index in [1.807, 2.05) is 63.2 Å². The number of nitrogens with zero attached hydrogens (tertiary/aromatic N) is 2. The van der Waals surface area contributed by atoms with Crippen molar-refractivity contribution in [1.29, 1.82) is 0 Å². The van der Waals surface area contributed by atoms with Gasteiger partial charge >= 0.3 is 0 Å². The number of carbonyl (C=O) groups excluding carboxylic acids is 2. The van der Waals surface area contributed by atoms with Gasteiger partial charge in [0, 0.05) is 35.2 Å². The average Bonchev–Trinajstić information content (AvgIpc) is 2.78. The summed E-state index contributed by atoms with van der Waals surface area (Å²) < 4.78 is 0. The number of piperazine rings is 1. The Bertz CT molecular complexity index is 1230. The van der Waals surface area contributed by atoms with E-state index in [4.69, 9.17) is 34.8 Å². The molecule has 34 heavy (non-hydrogen) atoms. The van der Waals surface area contributed by atoms with E-state index in [1.54, 1.807) is 17.0 Å². The molecule has 7 heteroatoms. The van der Waals surface area contributed by atoms with Crippen molar-refractivity contribution in [3.05, 3.63) is 97.5 Å². The zero-order chi connectivity index (χ0) is 24.6. The van der Waals surface area contributed by atoms with Crippen LogP contribution in [0.3, 0.4) is 0 Å². The number of ketones is 1. The van der Waals surface area contributed by atoms with Crippen LogP contribution in [0.25, 0.3) is 0 Å². The Labute approximate surface area is 215 Å². The molecule has 1 unspecified atom stereocenters. The average molecular weight is 516 g/mol. The summed E-state index contributed by atoms with van der Waals surface area (Å²) in [5.74, 6) is -0.960. The maximum absolute atomic E-state index is 13.4. The van der Waals surface area contributed by atoms with Crippen molar-refractivity contribution in [2.75, 3.05) is 24.5 Å². The van der Waals surface area contributed by atoms with Crippen molar-refractivity contribution in [1.82, 2.24) is 4.90 Å². The summed E-state index contributed by atoms with van der Waals surface area (Å²) in [7, 11) is 0. The van der Waals surface area contributed by atoms with E-state index in [0.717, 1.165) is 27.9 Å². The number of Topliss-reactive ketones (excluding diaryl/α,β-unsaturated/α-hetero) is 1. The zero-order valence-corrected chi connectivity index (χ0v) is 21.5. The van der Waals surface area contributed by atoms with Gasteiger partial charge in [-0.1, -0.05) is 64.6 Å². The minimum Gasteiger partial charge on any atom is -0.360 e. The smallest absolute Gasteiger partial charge is 0.295 e. The van der Waals surface area contributed by atoms with Gasteiger partial charge < -0.3 is 9.80 Å². The van der Waals surface area contributed by atoms with Crippen LogP contribution in [0.2, 0.25) is 15.1 Å². The fourth-order valence-electron chi connectivity index (χ4n) is 4.73. The molecule has 0 bridgehead atoms. The second kappa shape index (κ2) is 9.99. The van der Waals surface area contributed by atoms with E-state index in [2.05, 4.69) is 4.90 Å². The van der Waals surface area contributed by atoms with E-state index in [-0.39, 0.29) is 6.04 Å². The second-order valence-electron chi connectivity index (χ2n) is 8.71. The highest BCUT2D eigenvalue weighted by molar-refractivity contribution is 6.43. The Morgan fingerprint density at radius 1 is 0.824 bits per heavy atom. The van der Waals surface area contributed by atoms with E-state index < -0.39 is 11.7 Å². The monoisotopic (exact) mass is 514 g/mol. The van der Waals surface area contributed by atoms with Gasteiger partial charge in [0.2, 0.25) is 0 Å². The van der Waals surface area contributed by atoms with Crippen LogP contribution in [0.5, 0.6) is 0 Å². The Morgan fingerprint density at radius 2 is 1.44 bits per heavy atom. The molecule has 1 amide bonds. The summed E-state index contributed by atoms with van der Waals surface area (Å²) in [4.78, 5) is 30.4. The van der Waals surface area contributed by atoms with E-state index in [1.165, 1.54) is 0 Å². The molecule has 1 aliphatic rings. The van der Waals surface area contributed by atoms with Crippen LogP contribution < -0.4 is 4.90 Å². The maximum atomic E-state index is 13.4. The number of halogens is 3. The Balaban J connectivity index is 1.66. The highest BCUT2D eigenvalue weighted by atomic mass is 35.5. The molecule has 0 aromatic heterocycles. The Kier molecular flexibility index (Phi) is 7.22. The minimum atomic E-state index is -0.490. The van der Waals surface area contributed by atoms with Gasteiger partial charge in [0.25, 0.3) is 11.7 Å². The molecule has 1 fully saturated rings. The first kappa shape index (κ1) is 24.6. The van der Waals surface area contributed by atoms with Crippen molar-refractivity contribution in [2.24, 2.45) is 0 Å². The molecule has 1 atom stereocenters. The molecule has 3 aromatic rings. The summed E-state index contributed by atoms with van der Waals surface area (Å²) in [5, 5.41) is 1.72. The van der Waals surface area contributed by atoms with Gasteiger partial charge in [0.1, 0.15) is 0 Å². The standard InChI is InChI=1S/C27H25Cl3N2O2/c1-16-12-17(2)25(18(3)13-16)26(33)27(34)31-10-11-32(23-9-8-21(29)14-22(23)30)24(15-31)19-4-6-20(28)7-5-19/h4-9,12-14,24H,10-11,15H2,1-3H3. The van der Waals surface area contributed by atoms with Gasteiger partial charge in [0.05, 0.1) is 16.8 Å². The third-order valence-electron chi connectivity index (χ3n) is 6.24. The normalized spacial score (nSPS) is 16.0. The molecule has 0 N–H and O–H groups in total. The first-order valence-electron chi connectivity index (χ1n) is 11.0. The van der Waals surface area contributed by atoms with Gasteiger partial charge in [-0.15, -0.1) is 0 Å². The van der Waals surface area contributed by atoms with Gasteiger partial charge in [-0.2, -0.15) is 0 Å². The summed E-state index contributed by atoms with van der Waals surface area (Å²) >= 11 is 18.8. The summed E-state index contributed by atoms with van der Waals surface area (Å²) in [6.45, 7) is 6.98. The predicted molar refractivity (Wildman–Crippen MR) is 140 cm³/mol. The van der Waals surface area contributed by atoms with Crippen molar-refractivity contribution < 1.29 is 9.59 Å². The van der Waals surface area contributed by atoms with Crippen LogP contribution in [0.4, 0.5) is 5.69 Å². The highest BCUT2D eigenvalue weighted by Crippen LogP contribution is 2.37. The summed E-state index contributed by atoms with van der Waals surface area (Å²) in [6, 6.07) is 16.6. The molecule has 1 aliphatic heterocycles. The number of benzene rings is 3. The molecule has 1 saturated heterocycles. The fraction of sp³-hybridized carbons (Fsp3) is 0.259. The topological polar surface area (TPSA) is 40.6 Å². The molecule has 0 saturated carbocycles. The highest BCUT2D eigenvalue weighted by Gasteiger charge is 2.35. The third-order valence-corrected chi connectivity index (χ3v) is 7.03. The number of aryl methyl sites for hydroxylation is 3. The third kappa shape index (κ3) is 4.95. The number of amides is 1. The second-order valence-corrected chi connectivity index (χ2v) is 9.99. The van der Waals surface area contributed by atoms with Crippen LogP contribution in [0.1, 0.15) is 38.7 Å². The molecule has 3 aromatic carbocycles. The van der Waals surface area contributed by atoms with Crippen molar-refractivity contribution >= 4 is 52.2 Å². The van der Waals surface area contributed by atoms with E-state index >= 15 is 0 Å². The largest absolute Gasteiger partial charge is 0.360 e. The Morgan fingerprint density at radius 3 is 2.06 bits per heavy atom. The van der Waals surface area contributed by atoms with Gasteiger partial charge in [-0.25, -0.2) is 0 Å². The zero-order valence-electron chi connectivity index (χ0n) is 19.2. The first-order chi connectivity index (χ1) is 16.2. The molecule has 0 spiro atoms. The lowest BCUT2D eigenvalue weighted by molar-refractivity contribution is -0.127. The fourth-order valence-corrected chi connectivity index (χ4v) is 5.37. The van der Waals surface area contributed by atoms with Crippen molar-refractivity contribution in [3.8, 4) is 0 Å². The van der Waals surface area contributed by atoms with Crippen molar-refractivity contribution in [3.63, 3.8) is 0 Å². The maximum Gasteiger partial charge on any atom is 0.295 e. The molecule has 4 nitrogen and oxygen atoms in total. The summed E-state index contributed by atoms with van der Waals surface area (Å²) in [6.07, 6.45) is 0. The molecule has 0 aliphatic carbocycles. The molecular weight excluding hydrogens is 491 g/mol. The molecule has 4 rings (SSSR count). The predicted octanol–water partition coefficient (Wildman–Crippen LogP) is 6.84. The van der Waals surface area contributed by atoms with Crippen LogP contribution in [-0.2, 0) is 4.79 Å². The number of hydrogen-bond donors (Lipinski definition) is 0.